The fourth-order valence-corrected chi connectivity index (χ4v) is 5.29. The van der Waals surface area contributed by atoms with Crippen LogP contribution < -0.4 is 10.7 Å². The Hall–Kier alpha value is -2.75. The molecule has 0 radical (unpaired) electrons. The molecule has 0 atom stereocenters. The molecule has 0 bridgehead atoms. The minimum Gasteiger partial charge on any atom is -0.549 e. The average Bonchev–Trinajstić information content (AvgIpc) is 3.06. The van der Waals surface area contributed by atoms with E-state index >= 15 is 0 Å². The molecule has 4 aromatic rings. The summed E-state index contributed by atoms with van der Waals surface area (Å²) in [6, 6.07) is 13.3. The van der Waals surface area contributed by atoms with Crippen LogP contribution in [0.3, 0.4) is 0 Å². The smallest absolute Gasteiger partial charge is 0.278 e. The highest BCUT2D eigenvalue weighted by Crippen LogP contribution is 2.28. The van der Waals surface area contributed by atoms with Gasteiger partial charge in [0.15, 0.2) is 14.8 Å². The highest BCUT2D eigenvalue weighted by molar-refractivity contribution is 7.99. The van der Waals surface area contributed by atoms with E-state index in [-0.39, 0.29) is 16.5 Å². The number of carboxylic acid groups (broad SMARTS) is 1. The van der Waals surface area contributed by atoms with Crippen LogP contribution in [0, 0.1) is 24.7 Å². The molecule has 0 unspecified atom stereocenters. The predicted molar refractivity (Wildman–Crippen MR) is 125 cm³/mol. The second-order valence-electron chi connectivity index (χ2n) is 7.11. The summed E-state index contributed by atoms with van der Waals surface area (Å²) in [4.78, 5) is 29.4. The molecule has 0 saturated carbocycles. The number of thiazole rings is 1. The lowest BCUT2D eigenvalue weighted by Crippen LogP contribution is -2.26. The summed E-state index contributed by atoms with van der Waals surface area (Å²) in [5.41, 5.74) is 4.73. The Labute approximate surface area is 191 Å². The van der Waals surface area contributed by atoms with Crippen LogP contribution in [0.4, 0.5) is 0 Å². The molecule has 0 aliphatic carbocycles. The van der Waals surface area contributed by atoms with Crippen LogP contribution in [0.25, 0.3) is 21.7 Å². The van der Waals surface area contributed by atoms with Crippen molar-refractivity contribution in [2.24, 2.45) is 0 Å². The summed E-state index contributed by atoms with van der Waals surface area (Å²) in [5.74, 6) is -1.55. The van der Waals surface area contributed by atoms with Gasteiger partial charge in [-0.15, -0.1) is 0 Å². The SMILES string of the molecule is Cc1ccc(-n2c(=S)sc3c(=O)n(-c4ccccc4C)c(SCC(=O)[O-])nc32)cc1C. The van der Waals surface area contributed by atoms with Crippen molar-refractivity contribution in [1.82, 2.24) is 14.1 Å². The van der Waals surface area contributed by atoms with E-state index in [9.17, 15) is 14.7 Å². The van der Waals surface area contributed by atoms with Crippen molar-refractivity contribution in [2.45, 2.75) is 25.9 Å². The number of carboxylic acids is 1. The van der Waals surface area contributed by atoms with Crippen molar-refractivity contribution < 1.29 is 9.90 Å². The molecule has 0 amide bonds. The lowest BCUT2D eigenvalue weighted by atomic mass is 10.1. The first kappa shape index (κ1) is 21.5. The first-order chi connectivity index (χ1) is 14.8. The van der Waals surface area contributed by atoms with Gasteiger partial charge in [-0.25, -0.2) is 4.98 Å². The van der Waals surface area contributed by atoms with Crippen molar-refractivity contribution in [2.75, 3.05) is 5.75 Å². The topological polar surface area (TPSA) is 80.0 Å². The van der Waals surface area contributed by atoms with E-state index in [1.165, 1.54) is 15.9 Å². The quantitative estimate of drug-likeness (QED) is 0.252. The van der Waals surface area contributed by atoms with Crippen LogP contribution >= 0.6 is 35.3 Å². The molecule has 158 valence electrons. The Kier molecular flexibility index (Phi) is 5.83. The van der Waals surface area contributed by atoms with Crippen LogP contribution in [-0.4, -0.2) is 25.8 Å². The highest BCUT2D eigenvalue weighted by Gasteiger charge is 2.20. The Bertz CT molecular complexity index is 1450. The molecule has 2 aromatic carbocycles. The fraction of sp³-hybridized carbons (Fsp3) is 0.182. The largest absolute Gasteiger partial charge is 0.549 e. The molecule has 4 rings (SSSR count). The number of hydrogen-bond donors (Lipinski definition) is 0. The number of aryl methyl sites for hydroxylation is 3. The summed E-state index contributed by atoms with van der Waals surface area (Å²) >= 11 is 7.74. The van der Waals surface area contributed by atoms with Crippen LogP contribution in [0.5, 0.6) is 0 Å². The number of fused-ring (bicyclic) bond motifs is 1. The number of benzene rings is 2. The van der Waals surface area contributed by atoms with Gasteiger partial charge in [0.05, 0.1) is 11.7 Å². The molecular formula is C22H18N3O3S3-. The average molecular weight is 469 g/mol. The van der Waals surface area contributed by atoms with Crippen LogP contribution in [0.1, 0.15) is 16.7 Å². The second kappa shape index (κ2) is 8.41. The standard InChI is InChI=1S/C22H19N3O3S3/c1-12-8-9-15(10-14(12)3)24-19-18(31-22(24)29)20(28)25(16-7-5-4-6-13(16)2)21(23-19)30-11-17(26)27/h4-10H,11H2,1-3H3,(H,26,27)/p-1. The molecule has 2 heterocycles. The maximum Gasteiger partial charge on any atom is 0.278 e. The number of carbonyl (C=O) groups excluding carboxylic acids is 1. The van der Waals surface area contributed by atoms with Gasteiger partial charge in [0.2, 0.25) is 0 Å². The van der Waals surface area contributed by atoms with Gasteiger partial charge in [-0.2, -0.15) is 0 Å². The lowest BCUT2D eigenvalue weighted by molar-refractivity contribution is -0.301. The normalized spacial score (nSPS) is 11.2. The van der Waals surface area contributed by atoms with E-state index in [0.29, 0.717) is 20.0 Å². The van der Waals surface area contributed by atoms with Crippen molar-refractivity contribution >= 4 is 51.6 Å². The van der Waals surface area contributed by atoms with Crippen LogP contribution in [-0.2, 0) is 4.79 Å². The first-order valence-corrected chi connectivity index (χ1v) is 11.6. The number of aliphatic carboxylic acids is 1. The highest BCUT2D eigenvalue weighted by atomic mass is 32.2. The summed E-state index contributed by atoms with van der Waals surface area (Å²) in [5, 5.41) is 11.4. The summed E-state index contributed by atoms with van der Waals surface area (Å²) in [6.45, 7) is 5.93. The molecule has 0 N–H and O–H groups in total. The zero-order valence-electron chi connectivity index (χ0n) is 17.0. The third-order valence-corrected chi connectivity index (χ3v) is 7.26. The summed E-state index contributed by atoms with van der Waals surface area (Å²) in [7, 11) is 0. The number of thioether (sulfide) groups is 1. The Morgan fingerprint density at radius 1 is 1.10 bits per heavy atom. The molecule has 0 fully saturated rings. The third kappa shape index (κ3) is 3.96. The Morgan fingerprint density at radius 3 is 2.52 bits per heavy atom. The van der Waals surface area contributed by atoms with Gasteiger partial charge in [-0.1, -0.05) is 47.4 Å². The summed E-state index contributed by atoms with van der Waals surface area (Å²) < 4.78 is 4.15. The molecule has 31 heavy (non-hydrogen) atoms. The number of rotatable bonds is 5. The number of nitrogens with zero attached hydrogens (tertiary/aromatic N) is 3. The molecule has 0 spiro atoms. The molecule has 9 heteroatoms. The van der Waals surface area contributed by atoms with E-state index < -0.39 is 5.97 Å². The molecule has 0 aliphatic rings. The number of para-hydroxylation sites is 1. The Morgan fingerprint density at radius 2 is 1.84 bits per heavy atom. The molecule has 6 nitrogen and oxygen atoms in total. The van der Waals surface area contributed by atoms with Gasteiger partial charge in [0.1, 0.15) is 4.70 Å². The monoisotopic (exact) mass is 468 g/mol. The second-order valence-corrected chi connectivity index (χ2v) is 9.69. The van der Waals surface area contributed by atoms with Gasteiger partial charge in [-0.3, -0.25) is 13.9 Å². The van der Waals surface area contributed by atoms with E-state index in [4.69, 9.17) is 17.2 Å². The molecule has 2 aromatic heterocycles. The van der Waals surface area contributed by atoms with Crippen LogP contribution in [0.2, 0.25) is 0 Å². The zero-order chi connectivity index (χ0) is 22.3. The minimum absolute atomic E-state index is 0.279. The predicted octanol–water partition coefficient (Wildman–Crippen LogP) is 3.73. The molecular weight excluding hydrogens is 450 g/mol. The summed E-state index contributed by atoms with van der Waals surface area (Å²) in [6.07, 6.45) is 0. The first-order valence-electron chi connectivity index (χ1n) is 9.43. The third-order valence-electron chi connectivity index (χ3n) is 5.00. The maximum atomic E-state index is 13.6. The molecule has 0 saturated heterocycles. The van der Waals surface area contributed by atoms with Crippen molar-refractivity contribution in [3.8, 4) is 11.4 Å². The number of aromatic nitrogens is 3. The fourth-order valence-electron chi connectivity index (χ4n) is 3.28. The van der Waals surface area contributed by atoms with E-state index in [1.54, 1.807) is 4.57 Å². The number of carbonyl (C=O) groups is 1. The van der Waals surface area contributed by atoms with Gasteiger partial charge < -0.3 is 9.90 Å². The minimum atomic E-state index is -1.23. The van der Waals surface area contributed by atoms with Gasteiger partial charge in [-0.05, 0) is 67.9 Å². The lowest BCUT2D eigenvalue weighted by Gasteiger charge is -2.15. The van der Waals surface area contributed by atoms with Crippen molar-refractivity contribution in [3.63, 3.8) is 0 Å². The molecule has 0 aliphatic heterocycles. The van der Waals surface area contributed by atoms with Crippen LogP contribution in [0.15, 0.2) is 52.4 Å². The van der Waals surface area contributed by atoms with Crippen molar-refractivity contribution in [3.05, 3.63) is 73.5 Å². The van der Waals surface area contributed by atoms with Crippen molar-refractivity contribution in [1.29, 1.82) is 0 Å². The van der Waals surface area contributed by atoms with E-state index in [0.717, 1.165) is 34.1 Å². The van der Waals surface area contributed by atoms with Gasteiger partial charge >= 0.3 is 0 Å². The van der Waals surface area contributed by atoms with E-state index in [2.05, 4.69) is 0 Å². The zero-order valence-corrected chi connectivity index (χ0v) is 19.5. The maximum absolute atomic E-state index is 13.6. The van der Waals surface area contributed by atoms with Gasteiger partial charge in [0.25, 0.3) is 5.56 Å². The Balaban J connectivity index is 2.05. The number of hydrogen-bond acceptors (Lipinski definition) is 7. The van der Waals surface area contributed by atoms with E-state index in [1.807, 2.05) is 63.2 Å². The van der Waals surface area contributed by atoms with Gasteiger partial charge in [0, 0.05) is 11.4 Å².